The van der Waals surface area contributed by atoms with Crippen LogP contribution in [0.15, 0.2) is 23.1 Å². The van der Waals surface area contributed by atoms with Gasteiger partial charge in [0.15, 0.2) is 6.29 Å². The van der Waals surface area contributed by atoms with Crippen LogP contribution >= 0.6 is 0 Å². The Bertz CT molecular complexity index is 866. The first-order chi connectivity index (χ1) is 12.0. The molecule has 7 heteroatoms. The smallest absolute Gasteiger partial charge is 0.309 e. The molecule has 2 aromatic rings. The van der Waals surface area contributed by atoms with E-state index in [0.717, 1.165) is 5.56 Å². The van der Waals surface area contributed by atoms with E-state index in [1.54, 1.807) is 19.2 Å². The highest BCUT2D eigenvalue weighted by Crippen LogP contribution is 2.24. The molecule has 0 aromatic carbocycles. The van der Waals surface area contributed by atoms with Crippen molar-refractivity contribution in [1.29, 1.82) is 0 Å². The van der Waals surface area contributed by atoms with Crippen molar-refractivity contribution in [3.05, 3.63) is 39.8 Å². The summed E-state index contributed by atoms with van der Waals surface area (Å²) in [6.07, 6.45) is 3.48. The van der Waals surface area contributed by atoms with Gasteiger partial charge in [-0.25, -0.2) is 4.98 Å². The number of aryl methyl sites for hydroxylation is 1. The number of hydrogen-bond acceptors (Lipinski definition) is 6. The molecular weight excluding hydrogens is 322 g/mol. The molecule has 0 radical (unpaired) electrons. The van der Waals surface area contributed by atoms with E-state index >= 15 is 0 Å². The largest absolute Gasteiger partial charge is 0.466 e. The van der Waals surface area contributed by atoms with Crippen LogP contribution in [0.4, 0.5) is 5.82 Å². The van der Waals surface area contributed by atoms with Crippen LogP contribution in [-0.4, -0.2) is 41.3 Å². The van der Waals surface area contributed by atoms with Crippen LogP contribution in [0.25, 0.3) is 5.65 Å². The molecule has 0 aliphatic carbocycles. The monoisotopic (exact) mass is 343 g/mol. The third-order valence-corrected chi connectivity index (χ3v) is 4.52. The average molecular weight is 343 g/mol. The first-order valence-electron chi connectivity index (χ1n) is 8.45. The summed E-state index contributed by atoms with van der Waals surface area (Å²) in [6.45, 7) is 5.15. The fraction of sp³-hybridized carbons (Fsp3) is 0.444. The molecular formula is C18H21N3O4. The second-order valence-corrected chi connectivity index (χ2v) is 6.22. The van der Waals surface area contributed by atoms with Gasteiger partial charge in [-0.2, -0.15) is 0 Å². The summed E-state index contributed by atoms with van der Waals surface area (Å²) in [4.78, 5) is 42.4. The Morgan fingerprint density at radius 1 is 1.36 bits per heavy atom. The number of anilines is 1. The van der Waals surface area contributed by atoms with Crippen molar-refractivity contribution in [2.45, 2.75) is 26.7 Å². The fourth-order valence-electron chi connectivity index (χ4n) is 3.18. The Morgan fingerprint density at radius 2 is 2.08 bits per heavy atom. The summed E-state index contributed by atoms with van der Waals surface area (Å²) in [6, 6.07) is 3.64. The molecule has 1 fully saturated rings. The highest BCUT2D eigenvalue weighted by molar-refractivity contribution is 5.83. The lowest BCUT2D eigenvalue weighted by Gasteiger charge is -2.32. The molecule has 2 aromatic heterocycles. The Morgan fingerprint density at radius 3 is 2.72 bits per heavy atom. The number of carbonyl (C=O) groups excluding carboxylic acids is 2. The Labute approximate surface area is 145 Å². The number of carbonyl (C=O) groups is 2. The third-order valence-electron chi connectivity index (χ3n) is 4.52. The molecule has 1 aliphatic rings. The number of fused-ring (bicyclic) bond motifs is 1. The maximum atomic E-state index is 12.6. The molecule has 0 bridgehead atoms. The van der Waals surface area contributed by atoms with Crippen molar-refractivity contribution in [2.24, 2.45) is 5.92 Å². The Hall–Kier alpha value is -2.70. The second kappa shape index (κ2) is 7.04. The lowest BCUT2D eigenvalue weighted by molar-refractivity contribution is -0.148. The van der Waals surface area contributed by atoms with Crippen LogP contribution < -0.4 is 10.5 Å². The van der Waals surface area contributed by atoms with Crippen molar-refractivity contribution < 1.29 is 14.3 Å². The quantitative estimate of drug-likeness (QED) is 0.619. The van der Waals surface area contributed by atoms with Crippen LogP contribution in [0.5, 0.6) is 0 Å². The topological polar surface area (TPSA) is 81.0 Å². The highest BCUT2D eigenvalue weighted by atomic mass is 16.5. The number of hydrogen-bond donors (Lipinski definition) is 0. The third kappa shape index (κ3) is 3.26. The summed E-state index contributed by atoms with van der Waals surface area (Å²) in [7, 11) is 0. The van der Waals surface area contributed by atoms with Gasteiger partial charge in [0.25, 0.3) is 5.56 Å². The number of piperidine rings is 1. The van der Waals surface area contributed by atoms with Gasteiger partial charge >= 0.3 is 5.97 Å². The van der Waals surface area contributed by atoms with Gasteiger partial charge in [-0.05, 0) is 38.3 Å². The van der Waals surface area contributed by atoms with E-state index in [2.05, 4.69) is 4.98 Å². The summed E-state index contributed by atoms with van der Waals surface area (Å²) in [5.74, 6) is 0.0750. The number of aldehydes is 1. The molecule has 0 amide bonds. The molecule has 0 saturated carbocycles. The van der Waals surface area contributed by atoms with Crippen LogP contribution in [0.2, 0.25) is 0 Å². The van der Waals surface area contributed by atoms with Gasteiger partial charge in [0.05, 0.1) is 12.5 Å². The molecule has 0 unspecified atom stereocenters. The highest BCUT2D eigenvalue weighted by Gasteiger charge is 2.28. The number of aromatic nitrogens is 2. The minimum Gasteiger partial charge on any atom is -0.466 e. The van der Waals surface area contributed by atoms with E-state index in [1.165, 1.54) is 4.40 Å². The lowest BCUT2D eigenvalue weighted by Crippen LogP contribution is -2.39. The fourth-order valence-corrected chi connectivity index (χ4v) is 3.18. The summed E-state index contributed by atoms with van der Waals surface area (Å²) >= 11 is 0. The van der Waals surface area contributed by atoms with Gasteiger partial charge in [0, 0.05) is 19.3 Å². The predicted octanol–water partition coefficient (Wildman–Crippen LogP) is 1.59. The number of esters is 1. The van der Waals surface area contributed by atoms with E-state index in [4.69, 9.17) is 4.74 Å². The van der Waals surface area contributed by atoms with Crippen molar-refractivity contribution in [3.8, 4) is 0 Å². The van der Waals surface area contributed by atoms with Gasteiger partial charge in [-0.3, -0.25) is 18.8 Å². The molecule has 3 heterocycles. The maximum absolute atomic E-state index is 12.6. The summed E-state index contributed by atoms with van der Waals surface area (Å²) < 4.78 is 6.47. The van der Waals surface area contributed by atoms with Crippen LogP contribution in [0.3, 0.4) is 0 Å². The number of rotatable bonds is 4. The standard InChI is InChI=1S/C18H21N3O4/c1-3-25-18(24)13-6-8-20(9-7-13)16-14(11-22)17(23)21-10-12(2)4-5-15(21)19-16/h4-5,10-11,13H,3,6-9H2,1-2H3. The SMILES string of the molecule is CCOC(=O)C1CCN(c2nc3ccc(C)cn3c(=O)c2C=O)CC1. The molecule has 25 heavy (non-hydrogen) atoms. The first kappa shape index (κ1) is 17.1. The molecule has 1 aliphatic heterocycles. The van der Waals surface area contributed by atoms with E-state index in [0.29, 0.717) is 50.3 Å². The lowest BCUT2D eigenvalue weighted by atomic mass is 9.97. The van der Waals surface area contributed by atoms with Gasteiger partial charge in [0.1, 0.15) is 17.0 Å². The van der Waals surface area contributed by atoms with Gasteiger partial charge in [-0.15, -0.1) is 0 Å². The molecule has 1 saturated heterocycles. The average Bonchev–Trinajstić information content (AvgIpc) is 2.62. The van der Waals surface area contributed by atoms with Gasteiger partial charge in [0.2, 0.25) is 0 Å². The number of ether oxygens (including phenoxy) is 1. The van der Waals surface area contributed by atoms with Crippen LogP contribution in [-0.2, 0) is 9.53 Å². The van der Waals surface area contributed by atoms with Crippen molar-refractivity contribution in [3.63, 3.8) is 0 Å². The van der Waals surface area contributed by atoms with E-state index in [1.807, 2.05) is 17.9 Å². The molecule has 7 nitrogen and oxygen atoms in total. The normalized spacial score (nSPS) is 15.4. The first-order valence-corrected chi connectivity index (χ1v) is 8.45. The molecule has 0 atom stereocenters. The second-order valence-electron chi connectivity index (χ2n) is 6.22. The zero-order valence-electron chi connectivity index (χ0n) is 14.4. The summed E-state index contributed by atoms with van der Waals surface area (Å²) in [5, 5.41) is 0. The van der Waals surface area contributed by atoms with Crippen LogP contribution in [0.1, 0.15) is 35.7 Å². The Balaban J connectivity index is 1.92. The maximum Gasteiger partial charge on any atom is 0.309 e. The zero-order valence-corrected chi connectivity index (χ0v) is 14.4. The minimum atomic E-state index is -0.369. The van der Waals surface area contributed by atoms with Crippen molar-refractivity contribution in [1.82, 2.24) is 9.38 Å². The van der Waals surface area contributed by atoms with Gasteiger partial charge in [-0.1, -0.05) is 6.07 Å². The molecule has 3 rings (SSSR count). The number of pyridine rings is 1. The Kier molecular flexibility index (Phi) is 4.83. The van der Waals surface area contributed by atoms with Crippen molar-refractivity contribution in [2.75, 3.05) is 24.6 Å². The summed E-state index contributed by atoms with van der Waals surface area (Å²) in [5.41, 5.74) is 1.10. The molecule has 132 valence electrons. The van der Waals surface area contributed by atoms with Crippen molar-refractivity contribution >= 4 is 23.7 Å². The van der Waals surface area contributed by atoms with Crippen LogP contribution in [0, 0.1) is 12.8 Å². The molecule has 0 N–H and O–H groups in total. The van der Waals surface area contributed by atoms with E-state index < -0.39 is 0 Å². The van der Waals surface area contributed by atoms with E-state index in [-0.39, 0.29) is 23.0 Å². The minimum absolute atomic E-state index is 0.0534. The predicted molar refractivity (Wildman–Crippen MR) is 93.2 cm³/mol. The zero-order chi connectivity index (χ0) is 18.0. The van der Waals surface area contributed by atoms with E-state index in [9.17, 15) is 14.4 Å². The van der Waals surface area contributed by atoms with Gasteiger partial charge < -0.3 is 9.64 Å². The molecule has 0 spiro atoms. The number of nitrogens with zero attached hydrogens (tertiary/aromatic N) is 3.